The molecule has 2 aromatic carbocycles. The summed E-state index contributed by atoms with van der Waals surface area (Å²) in [5.41, 5.74) is 0.816. The summed E-state index contributed by atoms with van der Waals surface area (Å²) in [5, 5.41) is 5.51. The van der Waals surface area contributed by atoms with E-state index in [-0.39, 0.29) is 4.90 Å². The normalized spacial score (nSPS) is 17.8. The van der Waals surface area contributed by atoms with Crippen molar-refractivity contribution in [2.75, 3.05) is 24.9 Å². The van der Waals surface area contributed by atoms with Gasteiger partial charge in [0.15, 0.2) is 17.7 Å². The highest BCUT2D eigenvalue weighted by Crippen LogP contribution is 2.30. The van der Waals surface area contributed by atoms with Gasteiger partial charge in [0.2, 0.25) is 10.0 Å². The second-order valence-corrected chi connectivity index (χ2v) is 6.94. The summed E-state index contributed by atoms with van der Waals surface area (Å²) in [6.07, 6.45) is -1.13. The molecule has 0 spiro atoms. The minimum atomic E-state index is -3.77. The molecule has 1 aliphatic rings. The topological polar surface area (TPSA) is 106 Å². The second kappa shape index (κ2) is 6.61. The number of hydrogen-bond acceptors (Lipinski definition) is 6. The van der Waals surface area contributed by atoms with Crippen molar-refractivity contribution in [2.24, 2.45) is 0 Å². The lowest BCUT2D eigenvalue weighted by molar-refractivity contribution is -0.117. The highest BCUT2D eigenvalue weighted by molar-refractivity contribution is 7.89. The van der Waals surface area contributed by atoms with E-state index in [0.717, 1.165) is 0 Å². The molecule has 8 nitrogen and oxygen atoms in total. The first-order valence-corrected chi connectivity index (χ1v) is 8.84. The highest BCUT2D eigenvalue weighted by atomic mass is 32.2. The lowest BCUT2D eigenvalue weighted by Crippen LogP contribution is -2.51. The number of benzene rings is 2. The van der Waals surface area contributed by atoms with Crippen molar-refractivity contribution in [1.29, 1.82) is 0 Å². The maximum Gasteiger partial charge on any atom is 0.262 e. The second-order valence-electron chi connectivity index (χ2n) is 5.25. The molecule has 0 fully saturated rings. The predicted molar refractivity (Wildman–Crippen MR) is 92.3 cm³/mol. The van der Waals surface area contributed by atoms with Crippen molar-refractivity contribution in [3.63, 3.8) is 0 Å². The Balaban J connectivity index is 1.81. The molecule has 3 N–H and O–H groups in total. The van der Waals surface area contributed by atoms with Crippen LogP contribution in [0.1, 0.15) is 0 Å². The Labute approximate surface area is 145 Å². The van der Waals surface area contributed by atoms with E-state index in [2.05, 4.69) is 15.4 Å². The molecule has 132 valence electrons. The molecule has 3 rings (SSSR count). The monoisotopic (exact) mass is 363 g/mol. The summed E-state index contributed by atoms with van der Waals surface area (Å²) in [4.78, 5) is 12.5. The average molecular weight is 363 g/mol. The number of fused-ring (bicyclic) bond motifs is 1. The third-order valence-electron chi connectivity index (χ3n) is 3.66. The molecule has 0 bridgehead atoms. The maximum atomic E-state index is 12.4. The van der Waals surface area contributed by atoms with E-state index in [1.165, 1.54) is 20.3 Å². The Hall–Kier alpha value is -2.78. The largest absolute Gasteiger partial charge is 0.493 e. The molecule has 0 aromatic heterocycles. The van der Waals surface area contributed by atoms with Crippen LogP contribution in [0, 0.1) is 0 Å². The van der Waals surface area contributed by atoms with E-state index in [0.29, 0.717) is 22.9 Å². The SMILES string of the molecule is COc1ccc(NC(=O)C2Nc3ccccc3S(=O)(=O)N2)cc1OC. The van der Waals surface area contributed by atoms with E-state index in [4.69, 9.17) is 9.47 Å². The van der Waals surface area contributed by atoms with Crippen molar-refractivity contribution < 1.29 is 22.7 Å². The maximum absolute atomic E-state index is 12.4. The molecule has 1 amide bonds. The Morgan fingerprint density at radius 3 is 2.52 bits per heavy atom. The number of carbonyl (C=O) groups is 1. The van der Waals surface area contributed by atoms with Crippen LogP contribution < -0.4 is 24.8 Å². The Morgan fingerprint density at radius 1 is 1.08 bits per heavy atom. The van der Waals surface area contributed by atoms with Crippen LogP contribution in [-0.2, 0) is 14.8 Å². The molecule has 0 saturated heterocycles. The van der Waals surface area contributed by atoms with Gasteiger partial charge in [-0.3, -0.25) is 4.79 Å². The smallest absolute Gasteiger partial charge is 0.262 e. The number of hydrogen-bond donors (Lipinski definition) is 3. The summed E-state index contributed by atoms with van der Waals surface area (Å²) in [6.45, 7) is 0. The van der Waals surface area contributed by atoms with Gasteiger partial charge in [-0.1, -0.05) is 12.1 Å². The summed E-state index contributed by atoms with van der Waals surface area (Å²) < 4.78 is 37.1. The van der Waals surface area contributed by atoms with Gasteiger partial charge < -0.3 is 20.1 Å². The van der Waals surface area contributed by atoms with Crippen LogP contribution in [0.2, 0.25) is 0 Å². The fourth-order valence-electron chi connectivity index (χ4n) is 2.47. The van der Waals surface area contributed by atoms with Crippen LogP contribution in [0.5, 0.6) is 11.5 Å². The number of rotatable bonds is 4. The first-order valence-electron chi connectivity index (χ1n) is 7.35. The van der Waals surface area contributed by atoms with E-state index in [1.807, 2.05) is 0 Å². The zero-order valence-corrected chi connectivity index (χ0v) is 14.4. The van der Waals surface area contributed by atoms with Gasteiger partial charge in [0.1, 0.15) is 4.90 Å². The van der Waals surface area contributed by atoms with Gasteiger partial charge >= 0.3 is 0 Å². The van der Waals surface area contributed by atoms with Crippen LogP contribution in [0.25, 0.3) is 0 Å². The molecule has 1 aliphatic heterocycles. The highest BCUT2D eigenvalue weighted by Gasteiger charge is 2.32. The predicted octanol–water partition coefficient (Wildman–Crippen LogP) is 1.37. The molecule has 2 aromatic rings. The number of anilines is 2. The first kappa shape index (κ1) is 17.1. The third-order valence-corrected chi connectivity index (χ3v) is 5.14. The van der Waals surface area contributed by atoms with Crippen LogP contribution in [-0.4, -0.2) is 34.7 Å². The zero-order chi connectivity index (χ0) is 18.0. The van der Waals surface area contributed by atoms with Crippen LogP contribution in [0.3, 0.4) is 0 Å². The lowest BCUT2D eigenvalue weighted by Gasteiger charge is -2.27. The minimum absolute atomic E-state index is 0.102. The van der Waals surface area contributed by atoms with Crippen molar-refractivity contribution in [2.45, 2.75) is 11.1 Å². The van der Waals surface area contributed by atoms with Gasteiger partial charge in [-0.05, 0) is 24.3 Å². The average Bonchev–Trinajstić information content (AvgIpc) is 2.61. The number of amides is 1. The van der Waals surface area contributed by atoms with Crippen molar-refractivity contribution >= 4 is 27.3 Å². The van der Waals surface area contributed by atoms with Crippen molar-refractivity contribution in [3.05, 3.63) is 42.5 Å². The zero-order valence-electron chi connectivity index (χ0n) is 13.6. The molecule has 1 heterocycles. The molecule has 0 saturated carbocycles. The Bertz CT molecular complexity index is 914. The van der Waals surface area contributed by atoms with Crippen LogP contribution >= 0.6 is 0 Å². The van der Waals surface area contributed by atoms with Crippen LogP contribution in [0.4, 0.5) is 11.4 Å². The van der Waals surface area contributed by atoms with E-state index < -0.39 is 22.1 Å². The number of carbonyl (C=O) groups excluding carboxylic acids is 1. The fourth-order valence-corrected chi connectivity index (χ4v) is 3.75. The Kier molecular flexibility index (Phi) is 4.51. The third kappa shape index (κ3) is 3.37. The van der Waals surface area contributed by atoms with Gasteiger partial charge in [0, 0.05) is 11.8 Å². The first-order chi connectivity index (χ1) is 11.9. The number of ether oxygens (including phenoxy) is 2. The number of nitrogens with one attached hydrogen (secondary N) is 3. The fraction of sp³-hybridized carbons (Fsp3) is 0.188. The molecule has 0 aliphatic carbocycles. The molecular formula is C16H17N3O5S. The Morgan fingerprint density at radius 2 is 1.80 bits per heavy atom. The van der Waals surface area contributed by atoms with Gasteiger partial charge in [0.05, 0.1) is 19.9 Å². The summed E-state index contributed by atoms with van der Waals surface area (Å²) >= 11 is 0. The van der Waals surface area contributed by atoms with Gasteiger partial charge in [0.25, 0.3) is 5.91 Å². The molecule has 25 heavy (non-hydrogen) atoms. The van der Waals surface area contributed by atoms with E-state index >= 15 is 0 Å². The number of sulfonamides is 1. The minimum Gasteiger partial charge on any atom is -0.493 e. The summed E-state index contributed by atoms with van der Waals surface area (Å²) in [6, 6.07) is 11.2. The molecule has 9 heteroatoms. The summed E-state index contributed by atoms with van der Waals surface area (Å²) in [7, 11) is -0.778. The van der Waals surface area contributed by atoms with Gasteiger partial charge in [-0.15, -0.1) is 0 Å². The molecule has 1 unspecified atom stereocenters. The van der Waals surface area contributed by atoms with Gasteiger partial charge in [-0.2, -0.15) is 4.72 Å². The van der Waals surface area contributed by atoms with Gasteiger partial charge in [-0.25, -0.2) is 8.42 Å². The number of methoxy groups -OCH3 is 2. The molecule has 0 radical (unpaired) electrons. The lowest BCUT2D eigenvalue weighted by atomic mass is 10.2. The van der Waals surface area contributed by atoms with E-state index in [1.54, 1.807) is 36.4 Å². The van der Waals surface area contributed by atoms with Crippen LogP contribution in [0.15, 0.2) is 47.4 Å². The number of para-hydroxylation sites is 1. The molecular weight excluding hydrogens is 346 g/mol. The van der Waals surface area contributed by atoms with Crippen molar-refractivity contribution in [1.82, 2.24) is 4.72 Å². The summed E-state index contributed by atoms with van der Waals surface area (Å²) in [5.74, 6) is 0.416. The van der Waals surface area contributed by atoms with Crippen molar-refractivity contribution in [3.8, 4) is 11.5 Å². The standard InChI is InChI=1S/C16H17N3O5S/c1-23-12-8-7-10(9-13(12)24-2)17-16(20)15-18-11-5-3-4-6-14(11)25(21,22)19-15/h3-9,15,18-19H,1-2H3,(H,17,20). The quantitative estimate of drug-likeness (QED) is 0.758. The molecule has 1 atom stereocenters. The van der Waals surface area contributed by atoms with E-state index in [9.17, 15) is 13.2 Å².